The van der Waals surface area contributed by atoms with E-state index in [0.717, 1.165) is 30.6 Å². The highest BCUT2D eigenvalue weighted by molar-refractivity contribution is 7.14. The van der Waals surface area contributed by atoms with Crippen LogP contribution in [0.15, 0.2) is 53.3 Å². The molecule has 4 nitrogen and oxygen atoms in total. The summed E-state index contributed by atoms with van der Waals surface area (Å²) in [5.41, 5.74) is 1.17. The average Bonchev–Trinajstić information content (AvgIpc) is 2.98. The molecule has 0 fully saturated rings. The Bertz CT molecular complexity index is 936. The minimum Gasteiger partial charge on any atom is -0.339 e. The lowest BCUT2D eigenvalue weighted by molar-refractivity contribution is 0.0755. The Morgan fingerprint density at radius 2 is 1.64 bits per heavy atom. The summed E-state index contributed by atoms with van der Waals surface area (Å²) in [4.78, 5) is 27.7. The number of rotatable bonds is 6. The minimum atomic E-state index is -0.0709. The van der Waals surface area contributed by atoms with Gasteiger partial charge in [-0.2, -0.15) is 0 Å². The van der Waals surface area contributed by atoms with E-state index in [1.165, 1.54) is 11.5 Å². The summed E-state index contributed by atoms with van der Waals surface area (Å²) in [6, 6.07) is 14.9. The van der Waals surface area contributed by atoms with E-state index in [0.29, 0.717) is 16.6 Å². The van der Waals surface area contributed by atoms with Gasteiger partial charge in [0, 0.05) is 13.1 Å². The first kappa shape index (κ1) is 17.4. The molecule has 0 atom stereocenters. The van der Waals surface area contributed by atoms with Gasteiger partial charge in [0.05, 0.1) is 21.3 Å². The predicted molar refractivity (Wildman–Crippen MR) is 104 cm³/mol. The van der Waals surface area contributed by atoms with E-state index < -0.39 is 0 Å². The molecule has 0 aliphatic carbocycles. The van der Waals surface area contributed by atoms with Crippen LogP contribution in [0.1, 0.15) is 37.0 Å². The van der Waals surface area contributed by atoms with Crippen molar-refractivity contribution in [3.05, 3.63) is 64.4 Å². The highest BCUT2D eigenvalue weighted by Gasteiger charge is 2.20. The molecule has 1 heterocycles. The number of benzene rings is 2. The van der Waals surface area contributed by atoms with Gasteiger partial charge < -0.3 is 4.90 Å². The molecule has 1 aromatic heterocycles. The molecule has 1 amide bonds. The van der Waals surface area contributed by atoms with Gasteiger partial charge in [0.1, 0.15) is 0 Å². The van der Waals surface area contributed by atoms with Crippen LogP contribution in [0.3, 0.4) is 0 Å². The maximum absolute atomic E-state index is 13.1. The normalized spacial score (nSPS) is 11.0. The molecule has 25 heavy (non-hydrogen) atoms. The maximum atomic E-state index is 13.1. The SMILES string of the molecule is CCCN(CCC)C(=O)c1ccccc1-n1sc2ccccc2c1=O. The van der Waals surface area contributed by atoms with E-state index in [9.17, 15) is 9.59 Å². The van der Waals surface area contributed by atoms with E-state index in [2.05, 4.69) is 13.8 Å². The van der Waals surface area contributed by atoms with E-state index >= 15 is 0 Å². The molecule has 3 rings (SSSR count). The number of fused-ring (bicyclic) bond motifs is 1. The predicted octanol–water partition coefficient (Wildman–Crippen LogP) is 4.31. The third-order valence-corrected chi connectivity index (χ3v) is 5.22. The second-order valence-corrected chi connectivity index (χ2v) is 6.98. The number of hydrogen-bond acceptors (Lipinski definition) is 3. The number of hydrogen-bond donors (Lipinski definition) is 0. The fourth-order valence-corrected chi connectivity index (χ4v) is 4.02. The van der Waals surface area contributed by atoms with Crippen molar-refractivity contribution in [3.63, 3.8) is 0 Å². The zero-order valence-electron chi connectivity index (χ0n) is 14.6. The average molecular weight is 354 g/mol. The monoisotopic (exact) mass is 354 g/mol. The first-order valence-electron chi connectivity index (χ1n) is 8.67. The second-order valence-electron chi connectivity index (χ2n) is 6.00. The van der Waals surface area contributed by atoms with Crippen molar-refractivity contribution in [1.29, 1.82) is 0 Å². The van der Waals surface area contributed by atoms with Crippen LogP contribution in [0.2, 0.25) is 0 Å². The van der Waals surface area contributed by atoms with Crippen molar-refractivity contribution >= 4 is 27.5 Å². The van der Waals surface area contributed by atoms with Crippen LogP contribution in [-0.4, -0.2) is 27.9 Å². The molecule has 5 heteroatoms. The van der Waals surface area contributed by atoms with Crippen LogP contribution in [0.25, 0.3) is 15.8 Å². The molecule has 0 N–H and O–H groups in total. The molecule has 0 aliphatic rings. The van der Waals surface area contributed by atoms with Gasteiger partial charge in [-0.05, 0) is 37.1 Å². The maximum Gasteiger partial charge on any atom is 0.273 e. The molecule has 3 aromatic rings. The molecule has 0 spiro atoms. The smallest absolute Gasteiger partial charge is 0.273 e. The summed E-state index contributed by atoms with van der Waals surface area (Å²) in [7, 11) is 0. The molecule has 0 aliphatic heterocycles. The van der Waals surface area contributed by atoms with Crippen molar-refractivity contribution in [3.8, 4) is 5.69 Å². The van der Waals surface area contributed by atoms with Crippen molar-refractivity contribution in [1.82, 2.24) is 8.86 Å². The first-order chi connectivity index (χ1) is 12.2. The van der Waals surface area contributed by atoms with Crippen molar-refractivity contribution in [2.75, 3.05) is 13.1 Å². The highest BCUT2D eigenvalue weighted by Crippen LogP contribution is 2.23. The van der Waals surface area contributed by atoms with Gasteiger partial charge in [-0.15, -0.1) is 0 Å². The van der Waals surface area contributed by atoms with E-state index in [-0.39, 0.29) is 11.5 Å². The quantitative estimate of drug-likeness (QED) is 0.662. The van der Waals surface area contributed by atoms with Crippen molar-refractivity contribution in [2.24, 2.45) is 0 Å². The fourth-order valence-electron chi connectivity index (χ4n) is 2.99. The number of carbonyl (C=O) groups excluding carboxylic acids is 1. The lowest BCUT2D eigenvalue weighted by Crippen LogP contribution is -2.33. The summed E-state index contributed by atoms with van der Waals surface area (Å²) >= 11 is 1.38. The molecule has 0 unspecified atom stereocenters. The zero-order chi connectivity index (χ0) is 17.8. The number of aromatic nitrogens is 1. The molecule has 130 valence electrons. The van der Waals surface area contributed by atoms with Crippen molar-refractivity contribution in [2.45, 2.75) is 26.7 Å². The lowest BCUT2D eigenvalue weighted by atomic mass is 10.1. The third kappa shape index (κ3) is 3.37. The van der Waals surface area contributed by atoms with Crippen LogP contribution < -0.4 is 5.56 Å². The van der Waals surface area contributed by atoms with Gasteiger partial charge in [-0.25, -0.2) is 3.96 Å². The lowest BCUT2D eigenvalue weighted by Gasteiger charge is -2.22. The number of carbonyl (C=O) groups is 1. The van der Waals surface area contributed by atoms with Crippen LogP contribution in [0.4, 0.5) is 0 Å². The molecule has 0 saturated carbocycles. The van der Waals surface area contributed by atoms with Gasteiger partial charge in [0.15, 0.2) is 0 Å². The summed E-state index contributed by atoms with van der Waals surface area (Å²) in [6.07, 6.45) is 1.83. The van der Waals surface area contributed by atoms with Crippen molar-refractivity contribution < 1.29 is 4.79 Å². The Morgan fingerprint density at radius 1 is 1.00 bits per heavy atom. The summed E-state index contributed by atoms with van der Waals surface area (Å²) in [6.45, 7) is 5.58. The Morgan fingerprint density at radius 3 is 2.32 bits per heavy atom. The molecular weight excluding hydrogens is 332 g/mol. The molecule has 0 saturated heterocycles. The van der Waals surface area contributed by atoms with Crippen LogP contribution in [0, 0.1) is 0 Å². The van der Waals surface area contributed by atoms with Gasteiger partial charge in [0.25, 0.3) is 11.5 Å². The Kier molecular flexibility index (Phi) is 5.34. The Hall–Kier alpha value is -2.40. The summed E-state index contributed by atoms with van der Waals surface area (Å²) in [5, 5.41) is 0.689. The second kappa shape index (κ2) is 7.66. The van der Waals surface area contributed by atoms with Gasteiger partial charge >= 0.3 is 0 Å². The topological polar surface area (TPSA) is 42.3 Å². The summed E-state index contributed by atoms with van der Waals surface area (Å²) < 4.78 is 2.56. The molecule has 2 aromatic carbocycles. The van der Waals surface area contributed by atoms with Crippen LogP contribution in [0.5, 0.6) is 0 Å². The van der Waals surface area contributed by atoms with Crippen LogP contribution in [-0.2, 0) is 0 Å². The standard InChI is InChI=1S/C20H22N2O2S/c1-3-13-21(14-4-2)19(23)15-9-5-7-11-17(15)22-20(24)16-10-6-8-12-18(16)25-22/h5-12H,3-4,13-14H2,1-2H3. The fraction of sp³-hybridized carbons (Fsp3) is 0.300. The Labute approximate surface area is 151 Å². The van der Waals surface area contributed by atoms with Gasteiger partial charge in [0.2, 0.25) is 0 Å². The number of para-hydroxylation sites is 1. The molecular formula is C20H22N2O2S. The zero-order valence-corrected chi connectivity index (χ0v) is 15.4. The van der Waals surface area contributed by atoms with E-state index in [4.69, 9.17) is 0 Å². The largest absolute Gasteiger partial charge is 0.339 e. The number of amides is 1. The summed E-state index contributed by atoms with van der Waals surface area (Å²) in [5.74, 6) is -0.0105. The molecule has 0 radical (unpaired) electrons. The number of nitrogens with zero attached hydrogens (tertiary/aromatic N) is 2. The first-order valence-corrected chi connectivity index (χ1v) is 9.44. The van der Waals surface area contributed by atoms with Crippen LogP contribution >= 0.6 is 11.5 Å². The molecule has 0 bridgehead atoms. The van der Waals surface area contributed by atoms with Gasteiger partial charge in [-0.3, -0.25) is 9.59 Å². The minimum absolute atomic E-state index is 0.0105. The highest BCUT2D eigenvalue weighted by atomic mass is 32.1. The third-order valence-electron chi connectivity index (χ3n) is 4.12. The Balaban J connectivity index is 2.10. The van der Waals surface area contributed by atoms with E-state index in [1.807, 2.05) is 53.4 Å². The van der Waals surface area contributed by atoms with Gasteiger partial charge in [-0.1, -0.05) is 49.6 Å². The van der Waals surface area contributed by atoms with E-state index in [1.54, 1.807) is 3.96 Å².